The molecule has 0 bridgehead atoms. The second kappa shape index (κ2) is 7.36. The number of sulfonamides is 1. The van der Waals surface area contributed by atoms with Crippen LogP contribution in [0.25, 0.3) is 0 Å². The number of nitrogens with zero attached hydrogens (tertiary/aromatic N) is 2. The molecule has 26 heavy (non-hydrogen) atoms. The van der Waals surface area contributed by atoms with Crippen LogP contribution in [0.2, 0.25) is 5.02 Å². The molecule has 0 aliphatic carbocycles. The molecule has 1 aliphatic heterocycles. The zero-order valence-corrected chi connectivity index (χ0v) is 15.9. The molecule has 1 N–H and O–H groups in total. The molecule has 1 aromatic heterocycles. The fourth-order valence-electron chi connectivity index (χ4n) is 2.71. The van der Waals surface area contributed by atoms with Crippen LogP contribution in [-0.4, -0.2) is 50.1 Å². The molecule has 1 saturated heterocycles. The number of hydrogen-bond acceptors (Lipinski definition) is 6. The van der Waals surface area contributed by atoms with Crippen molar-refractivity contribution in [3.8, 4) is 0 Å². The number of nitrogens with one attached hydrogen (secondary N) is 1. The van der Waals surface area contributed by atoms with Crippen LogP contribution >= 0.6 is 11.6 Å². The van der Waals surface area contributed by atoms with Gasteiger partial charge >= 0.3 is 0 Å². The van der Waals surface area contributed by atoms with Crippen molar-refractivity contribution in [1.29, 1.82) is 0 Å². The molecule has 10 heteroatoms. The second-order valence-electron chi connectivity index (χ2n) is 5.81. The molecule has 0 saturated carbocycles. The molecular weight excluding hydrogens is 382 g/mol. The topological polar surface area (TPSA) is 102 Å². The van der Waals surface area contributed by atoms with E-state index in [1.54, 1.807) is 13.8 Å². The van der Waals surface area contributed by atoms with Gasteiger partial charge in [-0.2, -0.15) is 4.31 Å². The highest BCUT2D eigenvalue weighted by Crippen LogP contribution is 2.28. The highest BCUT2D eigenvalue weighted by Gasteiger charge is 2.29. The van der Waals surface area contributed by atoms with E-state index in [9.17, 15) is 13.2 Å². The van der Waals surface area contributed by atoms with E-state index in [0.29, 0.717) is 35.9 Å². The van der Waals surface area contributed by atoms with Gasteiger partial charge in [0.15, 0.2) is 0 Å². The zero-order chi connectivity index (χ0) is 18.9. The molecular formula is C16H18ClN3O5S. The van der Waals surface area contributed by atoms with E-state index < -0.39 is 15.9 Å². The van der Waals surface area contributed by atoms with Gasteiger partial charge in [-0.25, -0.2) is 8.42 Å². The van der Waals surface area contributed by atoms with E-state index in [2.05, 4.69) is 10.5 Å². The molecule has 1 aliphatic rings. The van der Waals surface area contributed by atoms with Crippen molar-refractivity contribution >= 4 is 33.2 Å². The normalized spacial score (nSPS) is 15.8. The summed E-state index contributed by atoms with van der Waals surface area (Å²) in [6.07, 6.45) is 0. The average Bonchev–Trinajstić information content (AvgIpc) is 2.96. The second-order valence-corrected chi connectivity index (χ2v) is 8.13. The molecule has 0 radical (unpaired) electrons. The van der Waals surface area contributed by atoms with Crippen LogP contribution in [0.4, 0.5) is 5.69 Å². The van der Waals surface area contributed by atoms with Crippen LogP contribution in [0.15, 0.2) is 27.6 Å². The average molecular weight is 400 g/mol. The van der Waals surface area contributed by atoms with Gasteiger partial charge in [0.2, 0.25) is 10.0 Å². The lowest BCUT2D eigenvalue weighted by molar-refractivity contribution is 0.0730. The van der Waals surface area contributed by atoms with Crippen molar-refractivity contribution < 1.29 is 22.5 Å². The first-order valence-electron chi connectivity index (χ1n) is 7.92. The smallest absolute Gasteiger partial charge is 0.261 e. The summed E-state index contributed by atoms with van der Waals surface area (Å²) in [7, 11) is -3.78. The Bertz CT molecular complexity index is 916. The minimum Gasteiger partial charge on any atom is -0.379 e. The molecule has 0 spiro atoms. The number of ether oxygens (including phenoxy) is 1. The fourth-order valence-corrected chi connectivity index (χ4v) is 4.61. The van der Waals surface area contributed by atoms with Crippen LogP contribution < -0.4 is 5.32 Å². The molecule has 140 valence electrons. The molecule has 1 aromatic carbocycles. The number of morpholine rings is 1. The minimum absolute atomic E-state index is 0.0578. The Morgan fingerprint density at radius 1 is 1.27 bits per heavy atom. The summed E-state index contributed by atoms with van der Waals surface area (Å²) in [6, 6.07) is 4.33. The third-order valence-corrected chi connectivity index (χ3v) is 6.42. The molecule has 3 rings (SSSR count). The van der Waals surface area contributed by atoms with Gasteiger partial charge in [-0.15, -0.1) is 0 Å². The van der Waals surface area contributed by atoms with Crippen molar-refractivity contribution in [2.24, 2.45) is 0 Å². The first kappa shape index (κ1) is 18.8. The summed E-state index contributed by atoms with van der Waals surface area (Å²) in [5, 5.41) is 6.49. The summed E-state index contributed by atoms with van der Waals surface area (Å²) >= 11 is 6.11. The summed E-state index contributed by atoms with van der Waals surface area (Å²) in [4.78, 5) is 12.4. The number of carbonyl (C=O) groups excluding carboxylic acids is 1. The van der Waals surface area contributed by atoms with Crippen LogP contribution in [0.3, 0.4) is 0 Å². The highest BCUT2D eigenvalue weighted by molar-refractivity contribution is 7.89. The van der Waals surface area contributed by atoms with E-state index in [0.717, 1.165) is 0 Å². The SMILES string of the molecule is Cc1noc(C)c1C(=O)Nc1ccc(Cl)c(S(=O)(=O)N2CCOCC2)c1. The number of aryl methyl sites for hydroxylation is 2. The third-order valence-electron chi connectivity index (χ3n) is 4.04. The number of rotatable bonds is 4. The highest BCUT2D eigenvalue weighted by atomic mass is 35.5. The molecule has 1 fully saturated rings. The van der Waals surface area contributed by atoms with E-state index in [4.69, 9.17) is 20.9 Å². The lowest BCUT2D eigenvalue weighted by Gasteiger charge is -2.26. The van der Waals surface area contributed by atoms with Gasteiger partial charge in [0, 0.05) is 18.8 Å². The van der Waals surface area contributed by atoms with Gasteiger partial charge in [0.1, 0.15) is 16.2 Å². The standard InChI is InChI=1S/C16H18ClN3O5S/c1-10-15(11(2)25-19-10)16(21)18-12-3-4-13(17)14(9-12)26(22,23)20-5-7-24-8-6-20/h3-4,9H,5-8H2,1-2H3,(H,18,21). The Morgan fingerprint density at radius 2 is 1.96 bits per heavy atom. The van der Waals surface area contributed by atoms with E-state index in [1.807, 2.05) is 0 Å². The van der Waals surface area contributed by atoms with Crippen LogP contribution in [0, 0.1) is 13.8 Å². The molecule has 2 heterocycles. The van der Waals surface area contributed by atoms with Crippen molar-refractivity contribution in [3.05, 3.63) is 40.2 Å². The van der Waals surface area contributed by atoms with Gasteiger partial charge in [-0.1, -0.05) is 16.8 Å². The zero-order valence-electron chi connectivity index (χ0n) is 14.3. The Morgan fingerprint density at radius 3 is 2.58 bits per heavy atom. The number of amides is 1. The van der Waals surface area contributed by atoms with E-state index in [-0.39, 0.29) is 23.0 Å². The number of halogens is 1. The Balaban J connectivity index is 1.89. The van der Waals surface area contributed by atoms with Gasteiger partial charge in [-0.05, 0) is 32.0 Å². The van der Waals surface area contributed by atoms with Crippen LogP contribution in [-0.2, 0) is 14.8 Å². The Labute approximate surface area is 156 Å². The molecule has 0 unspecified atom stereocenters. The maximum atomic E-state index is 12.8. The number of aromatic nitrogens is 1. The maximum Gasteiger partial charge on any atom is 0.261 e. The fraction of sp³-hybridized carbons (Fsp3) is 0.375. The van der Waals surface area contributed by atoms with E-state index in [1.165, 1.54) is 22.5 Å². The summed E-state index contributed by atoms with van der Waals surface area (Å²) < 4.78 is 37.2. The molecule has 2 aromatic rings. The number of benzene rings is 1. The first-order valence-corrected chi connectivity index (χ1v) is 9.74. The van der Waals surface area contributed by atoms with Crippen molar-refractivity contribution in [3.63, 3.8) is 0 Å². The summed E-state index contributed by atoms with van der Waals surface area (Å²) in [6.45, 7) is 4.47. The first-order chi connectivity index (χ1) is 12.3. The summed E-state index contributed by atoms with van der Waals surface area (Å²) in [5.41, 5.74) is 1.08. The number of carbonyl (C=O) groups is 1. The van der Waals surface area contributed by atoms with E-state index >= 15 is 0 Å². The van der Waals surface area contributed by atoms with Crippen LogP contribution in [0.5, 0.6) is 0 Å². The van der Waals surface area contributed by atoms with Gasteiger partial charge in [0.25, 0.3) is 5.91 Å². The minimum atomic E-state index is -3.78. The summed E-state index contributed by atoms with van der Waals surface area (Å²) in [5.74, 6) is -0.0478. The molecule has 0 atom stereocenters. The van der Waals surface area contributed by atoms with Crippen molar-refractivity contribution in [2.45, 2.75) is 18.7 Å². The number of hydrogen-bond donors (Lipinski definition) is 1. The largest absolute Gasteiger partial charge is 0.379 e. The maximum absolute atomic E-state index is 12.8. The Hall–Kier alpha value is -1.94. The van der Waals surface area contributed by atoms with Gasteiger partial charge in [0.05, 0.1) is 23.9 Å². The lowest BCUT2D eigenvalue weighted by atomic mass is 10.2. The molecule has 8 nitrogen and oxygen atoms in total. The lowest BCUT2D eigenvalue weighted by Crippen LogP contribution is -2.40. The molecule has 1 amide bonds. The predicted molar refractivity (Wildman–Crippen MR) is 95.0 cm³/mol. The predicted octanol–water partition coefficient (Wildman–Crippen LogP) is 2.22. The van der Waals surface area contributed by atoms with Gasteiger partial charge in [-0.3, -0.25) is 4.79 Å². The number of anilines is 1. The van der Waals surface area contributed by atoms with Crippen molar-refractivity contribution in [1.82, 2.24) is 9.46 Å². The van der Waals surface area contributed by atoms with Crippen molar-refractivity contribution in [2.75, 3.05) is 31.6 Å². The monoisotopic (exact) mass is 399 g/mol. The van der Waals surface area contributed by atoms with Gasteiger partial charge < -0.3 is 14.6 Å². The third kappa shape index (κ3) is 3.61. The van der Waals surface area contributed by atoms with Crippen LogP contribution in [0.1, 0.15) is 21.8 Å². The Kier molecular flexibility index (Phi) is 5.33. The quantitative estimate of drug-likeness (QED) is 0.845.